The van der Waals surface area contributed by atoms with Crippen molar-refractivity contribution in [3.05, 3.63) is 66.3 Å². The van der Waals surface area contributed by atoms with Crippen molar-refractivity contribution in [2.75, 3.05) is 25.6 Å². The maximum atomic E-state index is 12.8. The second-order valence-electron chi connectivity index (χ2n) is 8.70. The van der Waals surface area contributed by atoms with Crippen LogP contribution in [0.15, 0.2) is 49.2 Å². The standard InChI is InChI=1S/C25H27N7O6/c1-36-12-21(34)38-17-9-20(37-18(17)11-33)32-19(8-7-16-10-26-13-27-16)30-22-23(28-14-29-24(22)32)31-25(35)15-5-3-2-4-6-15/h2-6,10,13-14,17-18,20,33H,7-9,11-12H2,1H3,(H,26,27)(H,28,29,31,35)/t17-,18+,20+/m0/s1. The number of carbonyl (C=O) groups is 2. The van der Waals surface area contributed by atoms with Crippen molar-refractivity contribution in [2.24, 2.45) is 0 Å². The molecule has 3 aromatic heterocycles. The maximum Gasteiger partial charge on any atom is 0.332 e. The van der Waals surface area contributed by atoms with E-state index in [1.54, 1.807) is 41.4 Å². The van der Waals surface area contributed by atoms with Crippen molar-refractivity contribution >= 4 is 28.9 Å². The topological polar surface area (TPSA) is 166 Å². The molecule has 38 heavy (non-hydrogen) atoms. The molecule has 0 aliphatic carbocycles. The highest BCUT2D eigenvalue weighted by Crippen LogP contribution is 2.35. The second kappa shape index (κ2) is 11.5. The summed E-state index contributed by atoms with van der Waals surface area (Å²) in [5, 5.41) is 12.7. The van der Waals surface area contributed by atoms with Gasteiger partial charge in [0.1, 0.15) is 37.2 Å². The quantitative estimate of drug-likeness (QED) is 0.260. The van der Waals surface area contributed by atoms with Gasteiger partial charge in [-0.25, -0.2) is 24.7 Å². The van der Waals surface area contributed by atoms with Crippen molar-refractivity contribution in [3.63, 3.8) is 0 Å². The molecule has 13 heteroatoms. The van der Waals surface area contributed by atoms with Crippen LogP contribution in [0.25, 0.3) is 11.2 Å². The highest BCUT2D eigenvalue weighted by Gasteiger charge is 2.40. The minimum absolute atomic E-state index is 0.208. The van der Waals surface area contributed by atoms with Crippen LogP contribution in [0.4, 0.5) is 5.82 Å². The number of esters is 1. The van der Waals surface area contributed by atoms with Gasteiger partial charge in [-0.15, -0.1) is 0 Å². The van der Waals surface area contributed by atoms with Crippen LogP contribution in [0, 0.1) is 0 Å². The number of carbonyl (C=O) groups excluding carboxylic acids is 2. The van der Waals surface area contributed by atoms with Crippen molar-refractivity contribution in [1.29, 1.82) is 0 Å². The molecule has 0 radical (unpaired) electrons. The molecule has 1 aliphatic heterocycles. The molecule has 0 unspecified atom stereocenters. The molecule has 1 aromatic carbocycles. The van der Waals surface area contributed by atoms with E-state index in [4.69, 9.17) is 19.2 Å². The van der Waals surface area contributed by atoms with E-state index in [9.17, 15) is 14.7 Å². The predicted molar refractivity (Wildman–Crippen MR) is 133 cm³/mol. The third kappa shape index (κ3) is 5.39. The molecule has 4 aromatic rings. The minimum atomic E-state index is -0.738. The number of hydrogen-bond acceptors (Lipinski definition) is 10. The number of nitrogens with zero attached hydrogens (tertiary/aromatic N) is 5. The van der Waals surface area contributed by atoms with Crippen LogP contribution in [0.2, 0.25) is 0 Å². The zero-order chi connectivity index (χ0) is 26.5. The summed E-state index contributed by atoms with van der Waals surface area (Å²) in [5.74, 6) is -0.00817. The van der Waals surface area contributed by atoms with Gasteiger partial charge >= 0.3 is 5.97 Å². The van der Waals surface area contributed by atoms with Gasteiger partial charge in [-0.05, 0) is 18.6 Å². The van der Waals surface area contributed by atoms with E-state index >= 15 is 0 Å². The lowest BCUT2D eigenvalue weighted by Gasteiger charge is -2.17. The Labute approximate surface area is 217 Å². The van der Waals surface area contributed by atoms with Gasteiger partial charge in [0.2, 0.25) is 0 Å². The molecular formula is C25H27N7O6. The number of fused-ring (bicyclic) bond motifs is 1. The number of aryl methyl sites for hydroxylation is 2. The summed E-state index contributed by atoms with van der Waals surface area (Å²) in [7, 11) is 1.40. The van der Waals surface area contributed by atoms with Crippen molar-refractivity contribution < 1.29 is 28.9 Å². The van der Waals surface area contributed by atoms with Crippen LogP contribution in [-0.4, -0.2) is 79.0 Å². The number of H-pyrrole nitrogens is 1. The number of rotatable bonds is 10. The number of nitrogens with one attached hydrogen (secondary N) is 2. The fraction of sp³-hybridized carbons (Fsp3) is 0.360. The first kappa shape index (κ1) is 25.4. The smallest absolute Gasteiger partial charge is 0.332 e. The van der Waals surface area contributed by atoms with Gasteiger partial charge in [-0.1, -0.05) is 18.2 Å². The summed E-state index contributed by atoms with van der Waals surface area (Å²) in [4.78, 5) is 45.5. The Morgan fingerprint density at radius 1 is 1.24 bits per heavy atom. The van der Waals surface area contributed by atoms with Crippen LogP contribution in [0.1, 0.15) is 34.5 Å². The average molecular weight is 522 g/mol. The Morgan fingerprint density at radius 2 is 2.08 bits per heavy atom. The first-order chi connectivity index (χ1) is 18.6. The summed E-state index contributed by atoms with van der Waals surface area (Å²) < 4.78 is 18.3. The number of benzene rings is 1. The van der Waals surface area contributed by atoms with Crippen molar-refractivity contribution in [1.82, 2.24) is 29.5 Å². The molecule has 1 fully saturated rings. The van der Waals surface area contributed by atoms with Crippen LogP contribution in [0.5, 0.6) is 0 Å². The third-order valence-electron chi connectivity index (χ3n) is 6.18. The normalized spacial score (nSPS) is 19.1. The Bertz CT molecular complexity index is 1390. The molecule has 1 saturated heterocycles. The SMILES string of the molecule is COCC(=O)O[C@H]1C[C@H](n2c(CCc3cnc[nH]3)nc3c(NC(=O)c4ccccc4)ncnc32)O[C@@H]1CO. The number of methoxy groups -OCH3 is 1. The number of ether oxygens (including phenoxy) is 3. The van der Waals surface area contributed by atoms with Gasteiger partial charge in [-0.2, -0.15) is 0 Å². The maximum absolute atomic E-state index is 12.8. The number of aliphatic hydroxyl groups excluding tert-OH is 1. The largest absolute Gasteiger partial charge is 0.458 e. The lowest BCUT2D eigenvalue weighted by Crippen LogP contribution is -2.31. The van der Waals surface area contributed by atoms with E-state index in [-0.39, 0.29) is 31.4 Å². The molecule has 13 nitrogen and oxygen atoms in total. The summed E-state index contributed by atoms with van der Waals surface area (Å²) in [5.41, 5.74) is 2.22. The molecular weight excluding hydrogens is 494 g/mol. The lowest BCUT2D eigenvalue weighted by molar-refractivity contribution is -0.157. The molecule has 1 aliphatic rings. The summed E-state index contributed by atoms with van der Waals surface area (Å²) in [6, 6.07) is 8.78. The number of amides is 1. The fourth-order valence-electron chi connectivity index (χ4n) is 4.43. The minimum Gasteiger partial charge on any atom is -0.458 e. The summed E-state index contributed by atoms with van der Waals surface area (Å²) >= 11 is 0. The number of aliphatic hydroxyl groups is 1. The van der Waals surface area contributed by atoms with Crippen LogP contribution in [0.3, 0.4) is 0 Å². The number of anilines is 1. The van der Waals surface area contributed by atoms with E-state index in [1.165, 1.54) is 13.4 Å². The van der Waals surface area contributed by atoms with Gasteiger partial charge in [0.05, 0.1) is 12.9 Å². The average Bonchev–Trinajstić information content (AvgIpc) is 3.67. The molecule has 0 saturated carbocycles. The van der Waals surface area contributed by atoms with Crippen molar-refractivity contribution in [3.8, 4) is 0 Å². The van der Waals surface area contributed by atoms with E-state index < -0.39 is 24.4 Å². The molecule has 4 heterocycles. The highest BCUT2D eigenvalue weighted by molar-refractivity contribution is 6.06. The molecule has 0 spiro atoms. The van der Waals surface area contributed by atoms with E-state index in [2.05, 4.69) is 25.3 Å². The van der Waals surface area contributed by atoms with Gasteiger partial charge in [0.25, 0.3) is 5.91 Å². The summed E-state index contributed by atoms with van der Waals surface area (Å²) in [6.45, 7) is -0.550. The third-order valence-corrected chi connectivity index (χ3v) is 6.18. The van der Waals surface area contributed by atoms with Crippen LogP contribution in [-0.2, 0) is 31.8 Å². The predicted octanol–water partition coefficient (Wildman–Crippen LogP) is 1.42. The number of hydrogen-bond donors (Lipinski definition) is 3. The molecule has 3 atom stereocenters. The van der Waals surface area contributed by atoms with Gasteiger partial charge in [-0.3, -0.25) is 9.36 Å². The number of aromatic nitrogens is 6. The Hall–Kier alpha value is -4.20. The molecule has 5 rings (SSSR count). The van der Waals surface area contributed by atoms with E-state index in [0.717, 1.165) is 5.69 Å². The summed E-state index contributed by atoms with van der Waals surface area (Å²) in [6.07, 6.45) is 3.97. The first-order valence-corrected chi connectivity index (χ1v) is 12.1. The van der Waals surface area contributed by atoms with Crippen molar-refractivity contribution in [2.45, 2.75) is 37.7 Å². The zero-order valence-corrected chi connectivity index (χ0v) is 20.6. The Morgan fingerprint density at radius 3 is 2.82 bits per heavy atom. The monoisotopic (exact) mass is 521 g/mol. The molecule has 198 valence electrons. The van der Waals surface area contributed by atoms with E-state index in [0.29, 0.717) is 35.4 Å². The highest BCUT2D eigenvalue weighted by atomic mass is 16.6. The lowest BCUT2D eigenvalue weighted by atomic mass is 10.2. The molecule has 0 bridgehead atoms. The Kier molecular flexibility index (Phi) is 7.67. The number of imidazole rings is 2. The Balaban J connectivity index is 1.49. The molecule has 3 N–H and O–H groups in total. The fourth-order valence-corrected chi connectivity index (χ4v) is 4.43. The van der Waals surface area contributed by atoms with E-state index in [1.807, 2.05) is 6.07 Å². The number of aromatic amines is 1. The first-order valence-electron chi connectivity index (χ1n) is 12.1. The van der Waals surface area contributed by atoms with Gasteiger partial charge in [0, 0.05) is 37.4 Å². The van der Waals surface area contributed by atoms with Gasteiger partial charge in [0.15, 0.2) is 17.0 Å². The zero-order valence-electron chi connectivity index (χ0n) is 20.6. The van der Waals surface area contributed by atoms with Gasteiger partial charge < -0.3 is 29.6 Å². The molecule has 1 amide bonds. The van der Waals surface area contributed by atoms with Crippen LogP contribution < -0.4 is 5.32 Å². The van der Waals surface area contributed by atoms with Crippen LogP contribution >= 0.6 is 0 Å². The second-order valence-corrected chi connectivity index (χ2v) is 8.70.